The molecule has 6 heteroatoms. The minimum Gasteiger partial charge on any atom is -0.339 e. The smallest absolute Gasteiger partial charge is 0.240 e. The Bertz CT molecular complexity index is 497. The lowest BCUT2D eigenvalue weighted by molar-refractivity contribution is 0.331. The molecule has 0 saturated carbocycles. The van der Waals surface area contributed by atoms with E-state index in [0.29, 0.717) is 42.3 Å². The summed E-state index contributed by atoms with van der Waals surface area (Å²) in [6.45, 7) is 4.98. The van der Waals surface area contributed by atoms with Crippen LogP contribution in [0.5, 0.6) is 0 Å². The van der Waals surface area contributed by atoms with E-state index in [1.54, 1.807) is 18.5 Å². The molecule has 2 rings (SSSR count). The molecule has 2 N–H and O–H groups in total. The lowest BCUT2D eigenvalue weighted by Gasteiger charge is -2.14. The van der Waals surface area contributed by atoms with Gasteiger partial charge in [0.1, 0.15) is 0 Å². The first kappa shape index (κ1) is 13.6. The summed E-state index contributed by atoms with van der Waals surface area (Å²) in [5, 5.41) is 3.90. The molecule has 0 aliphatic heterocycles. The van der Waals surface area contributed by atoms with E-state index in [9.17, 15) is 0 Å². The number of hydrogen-bond donors (Lipinski definition) is 1. The zero-order valence-electron chi connectivity index (χ0n) is 11.3. The van der Waals surface area contributed by atoms with Crippen molar-refractivity contribution in [2.75, 3.05) is 6.54 Å². The molecular weight excluding hydrogens is 242 g/mol. The van der Waals surface area contributed by atoms with Crippen molar-refractivity contribution < 1.29 is 4.52 Å². The Morgan fingerprint density at radius 2 is 1.95 bits per heavy atom. The van der Waals surface area contributed by atoms with Crippen molar-refractivity contribution in [1.82, 2.24) is 20.1 Å². The Kier molecular flexibility index (Phi) is 4.57. The summed E-state index contributed by atoms with van der Waals surface area (Å²) in [5.41, 5.74) is 5.77. The number of nitrogens with two attached hydrogens (primary N) is 1. The number of nitrogens with zero attached hydrogens (tertiary/aromatic N) is 4. The van der Waals surface area contributed by atoms with Gasteiger partial charge in [-0.2, -0.15) is 4.98 Å². The monoisotopic (exact) mass is 261 g/mol. The van der Waals surface area contributed by atoms with Gasteiger partial charge >= 0.3 is 0 Å². The van der Waals surface area contributed by atoms with Crippen LogP contribution in [0.15, 0.2) is 23.0 Å². The molecule has 6 nitrogen and oxygen atoms in total. The first-order valence-electron chi connectivity index (χ1n) is 6.49. The zero-order valence-corrected chi connectivity index (χ0v) is 11.3. The van der Waals surface area contributed by atoms with Crippen LogP contribution in [0.25, 0.3) is 11.6 Å². The molecule has 2 aromatic rings. The van der Waals surface area contributed by atoms with Gasteiger partial charge in [-0.15, -0.1) is 0 Å². The second kappa shape index (κ2) is 6.38. The molecule has 0 aliphatic rings. The second-order valence-electron chi connectivity index (χ2n) is 5.02. The fourth-order valence-corrected chi connectivity index (χ4v) is 2.02. The minimum atomic E-state index is 0.366. The van der Waals surface area contributed by atoms with Crippen molar-refractivity contribution in [1.29, 1.82) is 0 Å². The third-order valence-electron chi connectivity index (χ3n) is 2.84. The molecule has 1 atom stereocenters. The maximum atomic E-state index is 5.77. The van der Waals surface area contributed by atoms with Crippen LogP contribution in [0.2, 0.25) is 0 Å². The third-order valence-corrected chi connectivity index (χ3v) is 2.84. The Morgan fingerprint density at radius 1 is 1.21 bits per heavy atom. The quantitative estimate of drug-likeness (QED) is 0.850. The van der Waals surface area contributed by atoms with Gasteiger partial charge in [-0.3, -0.25) is 0 Å². The molecule has 2 heterocycles. The highest BCUT2D eigenvalue weighted by Crippen LogP contribution is 2.17. The van der Waals surface area contributed by atoms with Crippen molar-refractivity contribution in [3.63, 3.8) is 0 Å². The van der Waals surface area contributed by atoms with Crippen LogP contribution in [0.4, 0.5) is 0 Å². The van der Waals surface area contributed by atoms with Crippen LogP contribution in [0.3, 0.4) is 0 Å². The highest BCUT2D eigenvalue weighted by Gasteiger charge is 2.16. The maximum Gasteiger partial charge on any atom is 0.240 e. The van der Waals surface area contributed by atoms with Gasteiger partial charge in [-0.25, -0.2) is 9.97 Å². The SMILES string of the molecule is CC(C)CC(CN)Cc1nc(-c2ncccn2)no1. The van der Waals surface area contributed by atoms with Crippen molar-refractivity contribution in [3.8, 4) is 11.6 Å². The van der Waals surface area contributed by atoms with E-state index in [0.717, 1.165) is 6.42 Å². The van der Waals surface area contributed by atoms with E-state index < -0.39 is 0 Å². The van der Waals surface area contributed by atoms with E-state index >= 15 is 0 Å². The molecule has 0 amide bonds. The molecule has 0 aromatic carbocycles. The molecule has 2 aromatic heterocycles. The van der Waals surface area contributed by atoms with Crippen molar-refractivity contribution in [3.05, 3.63) is 24.4 Å². The topological polar surface area (TPSA) is 90.7 Å². The molecule has 0 spiro atoms. The summed E-state index contributed by atoms with van der Waals surface area (Å²) in [6.07, 6.45) is 5.06. The molecule has 0 aliphatic carbocycles. The normalized spacial score (nSPS) is 12.8. The Morgan fingerprint density at radius 3 is 2.58 bits per heavy atom. The standard InChI is InChI=1S/C13H19N5O/c1-9(2)6-10(8-14)7-11-17-13(18-19-11)12-15-4-3-5-16-12/h3-5,9-10H,6-8,14H2,1-2H3. The second-order valence-corrected chi connectivity index (χ2v) is 5.02. The molecular formula is C13H19N5O. The fraction of sp³-hybridized carbons (Fsp3) is 0.538. The molecule has 1 unspecified atom stereocenters. The van der Waals surface area contributed by atoms with E-state index in [1.807, 2.05) is 0 Å². The summed E-state index contributed by atoms with van der Waals surface area (Å²) in [7, 11) is 0. The van der Waals surface area contributed by atoms with Crippen molar-refractivity contribution >= 4 is 0 Å². The van der Waals surface area contributed by atoms with Gasteiger partial charge in [0.25, 0.3) is 0 Å². The highest BCUT2D eigenvalue weighted by atomic mass is 16.5. The summed E-state index contributed by atoms with van der Waals surface area (Å²) in [5.74, 6) is 2.47. The van der Waals surface area contributed by atoms with E-state index in [1.165, 1.54) is 0 Å². The molecule has 19 heavy (non-hydrogen) atoms. The van der Waals surface area contributed by atoms with Gasteiger partial charge in [0.2, 0.25) is 17.5 Å². The molecule has 0 radical (unpaired) electrons. The first-order chi connectivity index (χ1) is 9.19. The molecule has 0 fully saturated rings. The van der Waals surface area contributed by atoms with Gasteiger partial charge in [0, 0.05) is 18.8 Å². The van der Waals surface area contributed by atoms with Crippen LogP contribution >= 0.6 is 0 Å². The summed E-state index contributed by atoms with van der Waals surface area (Å²) in [4.78, 5) is 12.5. The van der Waals surface area contributed by atoms with Crippen LogP contribution in [-0.4, -0.2) is 26.7 Å². The average molecular weight is 261 g/mol. The average Bonchev–Trinajstić information content (AvgIpc) is 2.87. The van der Waals surface area contributed by atoms with E-state index in [2.05, 4.69) is 34.0 Å². The molecule has 102 valence electrons. The molecule has 0 saturated heterocycles. The summed E-state index contributed by atoms with van der Waals surface area (Å²) >= 11 is 0. The Labute approximate surface area is 112 Å². The van der Waals surface area contributed by atoms with Crippen LogP contribution < -0.4 is 5.73 Å². The Hall–Kier alpha value is -1.82. The van der Waals surface area contributed by atoms with E-state index in [-0.39, 0.29) is 0 Å². The number of aromatic nitrogens is 4. The summed E-state index contributed by atoms with van der Waals surface area (Å²) in [6, 6.07) is 1.75. The van der Waals surface area contributed by atoms with Crippen molar-refractivity contribution in [2.24, 2.45) is 17.6 Å². The highest BCUT2D eigenvalue weighted by molar-refractivity contribution is 5.40. The maximum absolute atomic E-state index is 5.77. The summed E-state index contributed by atoms with van der Waals surface area (Å²) < 4.78 is 5.24. The van der Waals surface area contributed by atoms with Gasteiger partial charge < -0.3 is 10.3 Å². The van der Waals surface area contributed by atoms with E-state index in [4.69, 9.17) is 10.3 Å². The van der Waals surface area contributed by atoms with Crippen molar-refractivity contribution in [2.45, 2.75) is 26.7 Å². The van der Waals surface area contributed by atoms with Gasteiger partial charge in [-0.1, -0.05) is 19.0 Å². The number of hydrogen-bond acceptors (Lipinski definition) is 6. The predicted octanol–water partition coefficient (Wildman–Crippen LogP) is 1.69. The largest absolute Gasteiger partial charge is 0.339 e. The van der Waals surface area contributed by atoms with Crippen LogP contribution in [0, 0.1) is 11.8 Å². The van der Waals surface area contributed by atoms with Gasteiger partial charge in [-0.05, 0) is 30.9 Å². The predicted molar refractivity (Wildman–Crippen MR) is 71.0 cm³/mol. The van der Waals surface area contributed by atoms with Gasteiger partial charge in [0.05, 0.1) is 0 Å². The van der Waals surface area contributed by atoms with Crippen LogP contribution in [0.1, 0.15) is 26.2 Å². The molecule has 0 bridgehead atoms. The van der Waals surface area contributed by atoms with Crippen LogP contribution in [-0.2, 0) is 6.42 Å². The zero-order chi connectivity index (χ0) is 13.7. The number of rotatable bonds is 6. The first-order valence-corrected chi connectivity index (χ1v) is 6.49. The third kappa shape index (κ3) is 3.82. The Balaban J connectivity index is 2.05. The minimum absolute atomic E-state index is 0.366. The lowest BCUT2D eigenvalue weighted by atomic mass is 9.94. The van der Waals surface area contributed by atoms with Gasteiger partial charge in [0.15, 0.2) is 0 Å². The lowest BCUT2D eigenvalue weighted by Crippen LogP contribution is -2.19. The fourth-order valence-electron chi connectivity index (χ4n) is 2.02.